The fourth-order valence-electron chi connectivity index (χ4n) is 7.39. The highest BCUT2D eigenvalue weighted by molar-refractivity contribution is 6.15. The summed E-state index contributed by atoms with van der Waals surface area (Å²) in [6.07, 6.45) is 0. The van der Waals surface area contributed by atoms with Gasteiger partial charge in [-0.15, -0.1) is 0 Å². The summed E-state index contributed by atoms with van der Waals surface area (Å²) in [6, 6.07) is 64.6. The van der Waals surface area contributed by atoms with Crippen molar-refractivity contribution >= 4 is 71.3 Å². The molecule has 0 spiro atoms. The molecule has 0 saturated heterocycles. The summed E-state index contributed by atoms with van der Waals surface area (Å²) in [7, 11) is 0. The standard InChI is InChI=1S/C47H30N2O/c1-2-12-37(13-3-1)49(38-23-19-33(20-24-38)41-16-8-11-31-9-4-6-14-40(31)41)39-25-21-34-29-36(18-17-35(34)30-39)47-48-45-28-27-43-42-15-7-5-10-32(42)22-26-44(43)46(45)50-47/h1-30H. The Morgan fingerprint density at radius 2 is 1.00 bits per heavy atom. The Morgan fingerprint density at radius 3 is 1.86 bits per heavy atom. The van der Waals surface area contributed by atoms with Gasteiger partial charge in [0.25, 0.3) is 0 Å². The van der Waals surface area contributed by atoms with Gasteiger partial charge in [-0.1, -0.05) is 121 Å². The van der Waals surface area contributed by atoms with E-state index in [1.54, 1.807) is 0 Å². The van der Waals surface area contributed by atoms with Gasteiger partial charge in [0.05, 0.1) is 0 Å². The van der Waals surface area contributed by atoms with Crippen LogP contribution in [0.1, 0.15) is 0 Å². The molecule has 0 bridgehead atoms. The molecule has 1 aromatic heterocycles. The number of para-hydroxylation sites is 1. The van der Waals surface area contributed by atoms with Crippen LogP contribution in [0.25, 0.3) is 76.8 Å². The highest BCUT2D eigenvalue weighted by atomic mass is 16.3. The summed E-state index contributed by atoms with van der Waals surface area (Å²) in [6.45, 7) is 0. The molecule has 0 unspecified atom stereocenters. The lowest BCUT2D eigenvalue weighted by molar-refractivity contribution is 0.623. The lowest BCUT2D eigenvalue weighted by Crippen LogP contribution is -2.09. The molecule has 0 aliphatic rings. The fourth-order valence-corrected chi connectivity index (χ4v) is 7.39. The maximum absolute atomic E-state index is 6.49. The Balaban J connectivity index is 1.02. The minimum atomic E-state index is 0.629. The van der Waals surface area contributed by atoms with E-state index in [1.807, 2.05) is 0 Å². The van der Waals surface area contributed by atoms with E-state index in [0.717, 1.165) is 49.9 Å². The van der Waals surface area contributed by atoms with Crippen LogP contribution >= 0.6 is 0 Å². The van der Waals surface area contributed by atoms with E-state index in [1.165, 1.54) is 38.1 Å². The fraction of sp³-hybridized carbons (Fsp3) is 0. The second-order valence-electron chi connectivity index (χ2n) is 12.8. The zero-order chi connectivity index (χ0) is 33.0. The van der Waals surface area contributed by atoms with Gasteiger partial charge in [0.2, 0.25) is 5.89 Å². The van der Waals surface area contributed by atoms with Crippen molar-refractivity contribution in [3.63, 3.8) is 0 Å². The van der Waals surface area contributed by atoms with Gasteiger partial charge in [-0.25, -0.2) is 4.98 Å². The SMILES string of the molecule is c1ccc(N(c2ccc(-c3cccc4ccccc34)cc2)c2ccc3cc(-c4nc5ccc6c7ccccc7ccc6c5o4)ccc3c2)cc1. The first-order valence-corrected chi connectivity index (χ1v) is 17.0. The molecule has 10 aromatic rings. The third-order valence-corrected chi connectivity index (χ3v) is 9.85. The van der Waals surface area contributed by atoms with Crippen LogP contribution in [-0.2, 0) is 0 Å². The molecule has 10 rings (SSSR count). The lowest BCUT2D eigenvalue weighted by atomic mass is 9.98. The van der Waals surface area contributed by atoms with Crippen molar-refractivity contribution in [1.82, 2.24) is 4.98 Å². The molecule has 0 saturated carbocycles. The van der Waals surface area contributed by atoms with Crippen molar-refractivity contribution in [2.24, 2.45) is 0 Å². The average molecular weight is 639 g/mol. The van der Waals surface area contributed by atoms with Gasteiger partial charge in [-0.2, -0.15) is 0 Å². The Morgan fingerprint density at radius 1 is 0.380 bits per heavy atom. The molecule has 0 atom stereocenters. The van der Waals surface area contributed by atoms with Crippen molar-refractivity contribution in [3.8, 4) is 22.6 Å². The number of nitrogens with zero attached hydrogens (tertiary/aromatic N) is 2. The van der Waals surface area contributed by atoms with Crippen LogP contribution in [-0.4, -0.2) is 4.98 Å². The number of aromatic nitrogens is 1. The van der Waals surface area contributed by atoms with E-state index in [9.17, 15) is 0 Å². The Kier molecular flexibility index (Phi) is 6.49. The molecule has 9 aromatic carbocycles. The number of rotatable bonds is 5. The van der Waals surface area contributed by atoms with Crippen LogP contribution in [0.5, 0.6) is 0 Å². The maximum Gasteiger partial charge on any atom is 0.227 e. The predicted molar refractivity (Wildman–Crippen MR) is 210 cm³/mol. The molecule has 50 heavy (non-hydrogen) atoms. The van der Waals surface area contributed by atoms with Crippen LogP contribution in [0.4, 0.5) is 17.1 Å². The van der Waals surface area contributed by atoms with E-state index in [-0.39, 0.29) is 0 Å². The number of benzene rings is 9. The van der Waals surface area contributed by atoms with E-state index >= 15 is 0 Å². The Labute approximate surface area is 289 Å². The largest absolute Gasteiger partial charge is 0.435 e. The molecule has 0 aliphatic heterocycles. The zero-order valence-corrected chi connectivity index (χ0v) is 27.1. The normalized spacial score (nSPS) is 11.6. The number of anilines is 3. The van der Waals surface area contributed by atoms with Crippen molar-refractivity contribution in [3.05, 3.63) is 182 Å². The maximum atomic E-state index is 6.49. The van der Waals surface area contributed by atoms with Crippen molar-refractivity contribution in [2.45, 2.75) is 0 Å². The van der Waals surface area contributed by atoms with Crippen molar-refractivity contribution in [1.29, 1.82) is 0 Å². The first-order valence-electron chi connectivity index (χ1n) is 17.0. The van der Waals surface area contributed by atoms with Crippen molar-refractivity contribution in [2.75, 3.05) is 4.90 Å². The third kappa shape index (κ3) is 4.71. The second kappa shape index (κ2) is 11.5. The molecule has 234 valence electrons. The molecular formula is C47H30N2O. The van der Waals surface area contributed by atoms with Crippen molar-refractivity contribution < 1.29 is 4.42 Å². The molecule has 0 amide bonds. The number of hydrogen-bond acceptors (Lipinski definition) is 3. The minimum Gasteiger partial charge on any atom is -0.435 e. The highest BCUT2D eigenvalue weighted by Gasteiger charge is 2.16. The first kappa shape index (κ1) is 28.3. The van der Waals surface area contributed by atoms with Gasteiger partial charge >= 0.3 is 0 Å². The van der Waals surface area contributed by atoms with Gasteiger partial charge < -0.3 is 9.32 Å². The minimum absolute atomic E-state index is 0.629. The zero-order valence-electron chi connectivity index (χ0n) is 27.1. The van der Waals surface area contributed by atoms with Gasteiger partial charge in [0.1, 0.15) is 5.52 Å². The van der Waals surface area contributed by atoms with E-state index in [0.29, 0.717) is 5.89 Å². The predicted octanol–water partition coefficient (Wildman–Crippen LogP) is 13.2. The highest BCUT2D eigenvalue weighted by Crippen LogP contribution is 2.39. The summed E-state index contributed by atoms with van der Waals surface area (Å²) in [5, 5.41) is 9.48. The molecule has 0 fully saturated rings. The van der Waals surface area contributed by atoms with Crippen LogP contribution < -0.4 is 4.90 Å². The summed E-state index contributed by atoms with van der Waals surface area (Å²) < 4.78 is 6.49. The second-order valence-corrected chi connectivity index (χ2v) is 12.8. The third-order valence-electron chi connectivity index (χ3n) is 9.85. The molecule has 0 N–H and O–H groups in total. The number of oxazole rings is 1. The summed E-state index contributed by atoms with van der Waals surface area (Å²) in [5.41, 5.74) is 8.38. The van der Waals surface area contributed by atoms with E-state index in [2.05, 4.69) is 187 Å². The number of hydrogen-bond donors (Lipinski definition) is 0. The summed E-state index contributed by atoms with van der Waals surface area (Å²) in [5.74, 6) is 0.629. The average Bonchev–Trinajstić information content (AvgIpc) is 3.63. The molecule has 0 radical (unpaired) electrons. The van der Waals surface area contributed by atoms with Gasteiger partial charge in [0.15, 0.2) is 5.58 Å². The van der Waals surface area contributed by atoms with Crippen LogP contribution in [0, 0.1) is 0 Å². The molecular weight excluding hydrogens is 609 g/mol. The summed E-state index contributed by atoms with van der Waals surface area (Å²) >= 11 is 0. The lowest BCUT2D eigenvalue weighted by Gasteiger charge is -2.26. The van der Waals surface area contributed by atoms with Crippen LogP contribution in [0.2, 0.25) is 0 Å². The van der Waals surface area contributed by atoms with Gasteiger partial charge in [-0.3, -0.25) is 0 Å². The molecule has 1 heterocycles. The van der Waals surface area contributed by atoms with Gasteiger partial charge in [0, 0.05) is 28.0 Å². The smallest absolute Gasteiger partial charge is 0.227 e. The molecule has 3 heteroatoms. The summed E-state index contributed by atoms with van der Waals surface area (Å²) in [4.78, 5) is 7.23. The van der Waals surface area contributed by atoms with Crippen LogP contribution in [0.3, 0.4) is 0 Å². The Hall–Kier alpha value is -6.71. The Bertz CT molecular complexity index is 2870. The monoisotopic (exact) mass is 638 g/mol. The molecule has 3 nitrogen and oxygen atoms in total. The molecule has 0 aliphatic carbocycles. The topological polar surface area (TPSA) is 29.3 Å². The van der Waals surface area contributed by atoms with E-state index < -0.39 is 0 Å². The van der Waals surface area contributed by atoms with Crippen LogP contribution in [0.15, 0.2) is 186 Å². The first-order chi connectivity index (χ1) is 24.8. The quantitative estimate of drug-likeness (QED) is 0.176. The van der Waals surface area contributed by atoms with Gasteiger partial charge in [-0.05, 0) is 109 Å². The number of fused-ring (bicyclic) bond motifs is 7. The van der Waals surface area contributed by atoms with E-state index in [4.69, 9.17) is 9.40 Å².